The summed E-state index contributed by atoms with van der Waals surface area (Å²) in [5, 5.41) is 0. The lowest BCUT2D eigenvalue weighted by molar-refractivity contribution is 0.115. The van der Waals surface area contributed by atoms with Crippen molar-refractivity contribution in [3.05, 3.63) is 17.7 Å². The first-order valence-electron chi connectivity index (χ1n) is 5.62. The molecule has 0 amide bonds. The molecule has 18 heavy (non-hydrogen) atoms. The number of halogens is 2. The van der Waals surface area contributed by atoms with Gasteiger partial charge in [0.05, 0.1) is 13.2 Å². The number of nitrogens with two attached hydrogens (primary N) is 1. The fourth-order valence-corrected chi connectivity index (χ4v) is 1.81. The van der Waals surface area contributed by atoms with Gasteiger partial charge in [0.1, 0.15) is 13.2 Å². The number of fused-ring (bicyclic) bond motifs is 1. The first-order chi connectivity index (χ1) is 8.61. The highest BCUT2D eigenvalue weighted by molar-refractivity contribution is 5.54. The fourth-order valence-electron chi connectivity index (χ4n) is 1.81. The van der Waals surface area contributed by atoms with E-state index in [1.54, 1.807) is 12.1 Å². The minimum absolute atomic E-state index is 0.0602. The molecule has 2 rings (SSSR count). The van der Waals surface area contributed by atoms with E-state index in [-0.39, 0.29) is 6.42 Å². The summed E-state index contributed by atoms with van der Waals surface area (Å²) in [6.07, 6.45) is -2.49. The molecule has 100 valence electrons. The highest BCUT2D eigenvalue weighted by Crippen LogP contribution is 2.40. The third kappa shape index (κ3) is 2.64. The molecule has 0 saturated carbocycles. The maximum absolute atomic E-state index is 12.4. The van der Waals surface area contributed by atoms with Crippen molar-refractivity contribution in [1.29, 1.82) is 0 Å². The molecule has 6 heteroatoms. The molecular weight excluding hydrogens is 244 g/mol. The minimum Gasteiger partial charge on any atom is -0.493 e. The van der Waals surface area contributed by atoms with Crippen LogP contribution in [0.25, 0.3) is 0 Å². The zero-order valence-corrected chi connectivity index (χ0v) is 9.99. The van der Waals surface area contributed by atoms with Crippen molar-refractivity contribution < 1.29 is 23.0 Å². The van der Waals surface area contributed by atoms with Crippen molar-refractivity contribution in [2.75, 3.05) is 20.3 Å². The van der Waals surface area contributed by atoms with Crippen molar-refractivity contribution in [1.82, 2.24) is 0 Å². The Hall–Kier alpha value is -1.56. The van der Waals surface area contributed by atoms with Crippen LogP contribution in [0.3, 0.4) is 0 Å². The Balaban J connectivity index is 2.26. The van der Waals surface area contributed by atoms with Gasteiger partial charge in [0, 0.05) is 0 Å². The van der Waals surface area contributed by atoms with Crippen LogP contribution in [0.15, 0.2) is 12.1 Å². The van der Waals surface area contributed by atoms with Crippen LogP contribution in [0.2, 0.25) is 0 Å². The molecule has 0 aromatic heterocycles. The molecule has 1 heterocycles. The topological polar surface area (TPSA) is 53.7 Å². The van der Waals surface area contributed by atoms with Gasteiger partial charge in [-0.1, -0.05) is 0 Å². The van der Waals surface area contributed by atoms with Crippen molar-refractivity contribution >= 4 is 0 Å². The van der Waals surface area contributed by atoms with Gasteiger partial charge < -0.3 is 19.9 Å². The largest absolute Gasteiger partial charge is 0.493 e. The first kappa shape index (κ1) is 12.9. The average Bonchev–Trinajstić information content (AvgIpc) is 2.37. The van der Waals surface area contributed by atoms with E-state index >= 15 is 0 Å². The molecule has 0 fully saturated rings. The third-order valence-corrected chi connectivity index (χ3v) is 2.68. The number of alkyl halides is 2. The van der Waals surface area contributed by atoms with Crippen LogP contribution < -0.4 is 19.9 Å². The quantitative estimate of drug-likeness (QED) is 0.892. The highest BCUT2D eigenvalue weighted by Gasteiger charge is 2.21. The lowest BCUT2D eigenvalue weighted by atomic mass is 10.1. The number of rotatable bonds is 4. The zero-order valence-electron chi connectivity index (χ0n) is 9.99. The Kier molecular flexibility index (Phi) is 3.86. The smallest absolute Gasteiger partial charge is 0.253 e. The molecule has 1 aromatic rings. The number of ether oxygens (including phenoxy) is 3. The maximum Gasteiger partial charge on any atom is 0.253 e. The molecule has 0 saturated heterocycles. The van der Waals surface area contributed by atoms with Gasteiger partial charge in [-0.25, -0.2) is 8.78 Å². The van der Waals surface area contributed by atoms with E-state index in [1.165, 1.54) is 7.11 Å². The Morgan fingerprint density at radius 3 is 2.72 bits per heavy atom. The lowest BCUT2D eigenvalue weighted by Gasteiger charge is -2.22. The number of hydrogen-bond acceptors (Lipinski definition) is 4. The summed E-state index contributed by atoms with van der Waals surface area (Å²) in [4.78, 5) is 0. The van der Waals surface area contributed by atoms with Crippen LogP contribution >= 0.6 is 0 Å². The van der Waals surface area contributed by atoms with Crippen molar-refractivity contribution in [2.24, 2.45) is 5.73 Å². The van der Waals surface area contributed by atoms with Crippen molar-refractivity contribution in [3.8, 4) is 17.2 Å². The normalized spacial score (nSPS) is 15.6. The molecular formula is C12H15F2NO3. The van der Waals surface area contributed by atoms with Gasteiger partial charge in [-0.15, -0.1) is 0 Å². The Morgan fingerprint density at radius 2 is 2.06 bits per heavy atom. The van der Waals surface area contributed by atoms with E-state index in [9.17, 15) is 8.78 Å². The van der Waals surface area contributed by atoms with Crippen molar-refractivity contribution in [3.63, 3.8) is 0 Å². The molecule has 4 nitrogen and oxygen atoms in total. The maximum atomic E-state index is 12.4. The average molecular weight is 259 g/mol. The molecule has 2 N–H and O–H groups in total. The standard InChI is InChI=1S/C12H15F2NO3/c1-16-9-5-7(4-8(15)12(13)14)6-10-11(9)18-3-2-17-10/h5-6,8,12H,2-4,15H2,1H3. The number of hydrogen-bond donors (Lipinski definition) is 1. The molecule has 0 aliphatic carbocycles. The van der Waals surface area contributed by atoms with Gasteiger partial charge in [-0.05, 0) is 24.1 Å². The predicted molar refractivity (Wildman–Crippen MR) is 61.7 cm³/mol. The van der Waals surface area contributed by atoms with Crippen LogP contribution in [-0.2, 0) is 6.42 Å². The highest BCUT2D eigenvalue weighted by atomic mass is 19.3. The summed E-state index contributed by atoms with van der Waals surface area (Å²) in [6.45, 7) is 0.875. The lowest BCUT2D eigenvalue weighted by Crippen LogP contribution is -2.31. The van der Waals surface area contributed by atoms with Crippen LogP contribution in [0.1, 0.15) is 5.56 Å². The van der Waals surface area contributed by atoms with Gasteiger partial charge in [0.15, 0.2) is 11.5 Å². The molecule has 0 spiro atoms. The van der Waals surface area contributed by atoms with E-state index in [4.69, 9.17) is 19.9 Å². The summed E-state index contributed by atoms with van der Waals surface area (Å²) in [6, 6.07) is 2.12. The number of methoxy groups -OCH3 is 1. The first-order valence-corrected chi connectivity index (χ1v) is 5.62. The van der Waals surface area contributed by atoms with Gasteiger partial charge in [0.25, 0.3) is 6.43 Å². The number of benzene rings is 1. The molecule has 0 bridgehead atoms. The van der Waals surface area contributed by atoms with Gasteiger partial charge in [0.2, 0.25) is 5.75 Å². The van der Waals surface area contributed by atoms with E-state index in [0.717, 1.165) is 0 Å². The van der Waals surface area contributed by atoms with E-state index < -0.39 is 12.5 Å². The summed E-state index contributed by atoms with van der Waals surface area (Å²) in [7, 11) is 1.49. The Bertz CT molecular complexity index is 409. The SMILES string of the molecule is COc1cc(CC(N)C(F)F)cc2c1OCCO2. The van der Waals surface area contributed by atoms with E-state index in [2.05, 4.69) is 0 Å². The van der Waals surface area contributed by atoms with Gasteiger partial charge in [-0.3, -0.25) is 0 Å². The van der Waals surface area contributed by atoms with Crippen LogP contribution in [-0.4, -0.2) is 32.8 Å². The predicted octanol–water partition coefficient (Wildman–Crippen LogP) is 1.60. The molecule has 1 aliphatic rings. The second-order valence-electron chi connectivity index (χ2n) is 4.02. The molecule has 1 atom stereocenters. The summed E-state index contributed by atoms with van der Waals surface area (Å²) in [5.41, 5.74) is 6.00. The summed E-state index contributed by atoms with van der Waals surface area (Å²) < 4.78 is 40.8. The monoisotopic (exact) mass is 259 g/mol. The van der Waals surface area contributed by atoms with Crippen LogP contribution in [0.5, 0.6) is 17.2 Å². The molecule has 1 unspecified atom stereocenters. The van der Waals surface area contributed by atoms with Gasteiger partial charge >= 0.3 is 0 Å². The van der Waals surface area contributed by atoms with E-state index in [1.807, 2.05) is 0 Å². The Labute approximate surface area is 104 Å². The summed E-state index contributed by atoms with van der Waals surface area (Å²) in [5.74, 6) is 1.50. The third-order valence-electron chi connectivity index (χ3n) is 2.68. The van der Waals surface area contributed by atoms with E-state index in [0.29, 0.717) is 36.0 Å². The van der Waals surface area contributed by atoms with Gasteiger partial charge in [-0.2, -0.15) is 0 Å². The summed E-state index contributed by atoms with van der Waals surface area (Å²) >= 11 is 0. The van der Waals surface area contributed by atoms with Crippen LogP contribution in [0.4, 0.5) is 8.78 Å². The molecule has 1 aromatic carbocycles. The minimum atomic E-state index is -2.55. The second-order valence-corrected chi connectivity index (χ2v) is 4.02. The molecule has 1 aliphatic heterocycles. The Morgan fingerprint density at radius 1 is 1.33 bits per heavy atom. The van der Waals surface area contributed by atoms with Crippen LogP contribution in [0, 0.1) is 0 Å². The second kappa shape index (κ2) is 5.39. The fraction of sp³-hybridized carbons (Fsp3) is 0.500. The van der Waals surface area contributed by atoms with Crippen molar-refractivity contribution in [2.45, 2.75) is 18.9 Å². The zero-order chi connectivity index (χ0) is 13.1. The molecule has 0 radical (unpaired) electrons.